The average Bonchev–Trinajstić information content (AvgIpc) is 2.78. The van der Waals surface area contributed by atoms with Gasteiger partial charge in [-0.15, -0.1) is 0 Å². The van der Waals surface area contributed by atoms with Crippen molar-refractivity contribution in [2.45, 2.75) is 20.5 Å². The van der Waals surface area contributed by atoms with Crippen molar-refractivity contribution in [3.8, 4) is 17.6 Å². The fourth-order valence-electron chi connectivity index (χ4n) is 3.15. The summed E-state index contributed by atoms with van der Waals surface area (Å²) in [6.45, 7) is 4.31. The van der Waals surface area contributed by atoms with Gasteiger partial charge in [-0.3, -0.25) is 4.79 Å². The van der Waals surface area contributed by atoms with Crippen LogP contribution in [0.4, 0.5) is 5.69 Å². The van der Waals surface area contributed by atoms with E-state index in [1.54, 1.807) is 19.3 Å². The van der Waals surface area contributed by atoms with Crippen LogP contribution in [0.5, 0.6) is 11.5 Å². The number of carbonyl (C=O) groups is 1. The van der Waals surface area contributed by atoms with Crippen molar-refractivity contribution in [1.29, 1.82) is 5.26 Å². The SMILES string of the molecule is COc1cc(/C=C(/C#N)C(=O)Nc2ccc(C)cc2C)cc(I)c1OCc1ccccc1. The molecule has 3 aromatic carbocycles. The normalized spacial score (nSPS) is 10.9. The van der Waals surface area contributed by atoms with Gasteiger partial charge in [-0.1, -0.05) is 48.0 Å². The molecule has 0 aromatic heterocycles. The molecular formula is C26H23IN2O3. The molecule has 0 aliphatic rings. The van der Waals surface area contributed by atoms with E-state index in [1.807, 2.05) is 74.5 Å². The number of nitrogens with zero attached hydrogens (tertiary/aromatic N) is 1. The number of anilines is 1. The summed E-state index contributed by atoms with van der Waals surface area (Å²) in [5, 5.41) is 12.4. The summed E-state index contributed by atoms with van der Waals surface area (Å²) in [6.07, 6.45) is 1.55. The molecule has 0 radical (unpaired) electrons. The third-order valence-corrected chi connectivity index (χ3v) is 5.59. The minimum atomic E-state index is -0.460. The van der Waals surface area contributed by atoms with E-state index < -0.39 is 5.91 Å². The van der Waals surface area contributed by atoms with Crippen LogP contribution in [-0.2, 0) is 11.4 Å². The Bertz CT molecular complexity index is 1200. The Kier molecular flexibility index (Phi) is 7.90. The fraction of sp³-hybridized carbons (Fsp3) is 0.154. The quantitative estimate of drug-likeness (QED) is 0.226. The zero-order valence-electron chi connectivity index (χ0n) is 18.1. The largest absolute Gasteiger partial charge is 0.493 e. The summed E-state index contributed by atoms with van der Waals surface area (Å²) >= 11 is 2.16. The smallest absolute Gasteiger partial charge is 0.266 e. The Morgan fingerprint density at radius 1 is 1.12 bits per heavy atom. The minimum absolute atomic E-state index is 0.000724. The molecule has 3 aromatic rings. The molecule has 1 amide bonds. The first-order valence-electron chi connectivity index (χ1n) is 9.96. The number of nitriles is 1. The molecule has 0 aliphatic heterocycles. The molecule has 3 rings (SSSR count). The second-order valence-corrected chi connectivity index (χ2v) is 8.41. The molecule has 0 fully saturated rings. The molecule has 0 saturated heterocycles. The molecule has 0 heterocycles. The van der Waals surface area contributed by atoms with E-state index in [2.05, 4.69) is 27.9 Å². The number of nitrogens with one attached hydrogen (secondary N) is 1. The second kappa shape index (κ2) is 10.8. The maximum atomic E-state index is 12.7. The first-order chi connectivity index (χ1) is 15.4. The van der Waals surface area contributed by atoms with Gasteiger partial charge in [0.25, 0.3) is 5.91 Å². The summed E-state index contributed by atoms with van der Waals surface area (Å²) in [4.78, 5) is 12.7. The number of ether oxygens (including phenoxy) is 2. The Morgan fingerprint density at radius 2 is 1.88 bits per heavy atom. The van der Waals surface area contributed by atoms with Gasteiger partial charge in [0.2, 0.25) is 0 Å². The Labute approximate surface area is 201 Å². The van der Waals surface area contributed by atoms with Crippen LogP contribution in [0.2, 0.25) is 0 Å². The van der Waals surface area contributed by atoms with Crippen molar-refractivity contribution in [1.82, 2.24) is 0 Å². The summed E-state index contributed by atoms with van der Waals surface area (Å²) in [6, 6.07) is 21.2. The van der Waals surface area contributed by atoms with Gasteiger partial charge >= 0.3 is 0 Å². The van der Waals surface area contributed by atoms with Crippen molar-refractivity contribution in [2.24, 2.45) is 0 Å². The van der Waals surface area contributed by atoms with Crippen LogP contribution in [0, 0.1) is 28.7 Å². The van der Waals surface area contributed by atoms with Gasteiger partial charge in [0.15, 0.2) is 11.5 Å². The number of hydrogen-bond donors (Lipinski definition) is 1. The topological polar surface area (TPSA) is 71.3 Å². The molecular weight excluding hydrogens is 515 g/mol. The molecule has 5 nitrogen and oxygen atoms in total. The highest BCUT2D eigenvalue weighted by molar-refractivity contribution is 14.1. The number of halogens is 1. The van der Waals surface area contributed by atoms with Crippen LogP contribution < -0.4 is 14.8 Å². The zero-order chi connectivity index (χ0) is 23.1. The summed E-state index contributed by atoms with van der Waals surface area (Å²) < 4.78 is 12.3. The number of hydrogen-bond acceptors (Lipinski definition) is 4. The van der Waals surface area contributed by atoms with Gasteiger partial charge < -0.3 is 14.8 Å². The second-order valence-electron chi connectivity index (χ2n) is 7.25. The highest BCUT2D eigenvalue weighted by atomic mass is 127. The Balaban J connectivity index is 1.83. The number of methoxy groups -OCH3 is 1. The lowest BCUT2D eigenvalue weighted by molar-refractivity contribution is -0.112. The van der Waals surface area contributed by atoms with Crippen molar-refractivity contribution in [3.63, 3.8) is 0 Å². The van der Waals surface area contributed by atoms with Crippen molar-refractivity contribution in [3.05, 3.63) is 92.1 Å². The van der Waals surface area contributed by atoms with Gasteiger partial charge in [-0.25, -0.2) is 0 Å². The lowest BCUT2D eigenvalue weighted by atomic mass is 10.1. The monoisotopic (exact) mass is 538 g/mol. The van der Waals surface area contributed by atoms with E-state index in [9.17, 15) is 10.1 Å². The van der Waals surface area contributed by atoms with Gasteiger partial charge in [-0.2, -0.15) is 5.26 Å². The van der Waals surface area contributed by atoms with Crippen LogP contribution in [0.3, 0.4) is 0 Å². The van der Waals surface area contributed by atoms with Crippen LogP contribution in [0.15, 0.2) is 66.2 Å². The molecule has 0 spiro atoms. The molecule has 162 valence electrons. The lowest BCUT2D eigenvalue weighted by Crippen LogP contribution is -2.14. The standard InChI is InChI=1S/C26H23IN2O3/c1-17-9-10-23(18(2)11-17)29-26(30)21(15-28)12-20-13-22(27)25(24(14-20)31-3)32-16-19-7-5-4-6-8-19/h4-14H,16H2,1-3H3,(H,29,30)/b21-12-. The van der Waals surface area contributed by atoms with Crippen molar-refractivity contribution in [2.75, 3.05) is 12.4 Å². The third-order valence-electron chi connectivity index (χ3n) is 4.78. The highest BCUT2D eigenvalue weighted by Gasteiger charge is 2.15. The number of carbonyl (C=O) groups excluding carboxylic acids is 1. The van der Waals surface area contributed by atoms with Gasteiger partial charge in [0, 0.05) is 5.69 Å². The maximum Gasteiger partial charge on any atom is 0.266 e. The molecule has 6 heteroatoms. The average molecular weight is 538 g/mol. The zero-order valence-corrected chi connectivity index (χ0v) is 20.3. The molecule has 32 heavy (non-hydrogen) atoms. The number of rotatable bonds is 7. The summed E-state index contributed by atoms with van der Waals surface area (Å²) in [5.74, 6) is 0.691. The van der Waals surface area contributed by atoms with Gasteiger partial charge in [0.05, 0.1) is 10.7 Å². The minimum Gasteiger partial charge on any atom is -0.493 e. The molecule has 0 bridgehead atoms. The van der Waals surface area contributed by atoms with Crippen LogP contribution in [0.1, 0.15) is 22.3 Å². The van der Waals surface area contributed by atoms with Crippen molar-refractivity contribution >= 4 is 40.3 Å². The number of aryl methyl sites for hydroxylation is 2. The first kappa shape index (κ1) is 23.4. The summed E-state index contributed by atoms with van der Waals surface area (Å²) in [7, 11) is 1.56. The molecule has 0 saturated carbocycles. The van der Waals surface area contributed by atoms with E-state index in [1.165, 1.54) is 0 Å². The maximum absolute atomic E-state index is 12.7. The van der Waals surface area contributed by atoms with E-state index in [4.69, 9.17) is 9.47 Å². The Hall–Kier alpha value is -3.31. The molecule has 1 N–H and O–H groups in total. The molecule has 0 atom stereocenters. The van der Waals surface area contributed by atoms with E-state index in [0.717, 1.165) is 20.3 Å². The lowest BCUT2D eigenvalue weighted by Gasteiger charge is -2.14. The predicted molar refractivity (Wildman–Crippen MR) is 135 cm³/mol. The van der Waals surface area contributed by atoms with Gasteiger partial charge in [0.1, 0.15) is 18.2 Å². The first-order valence-corrected chi connectivity index (χ1v) is 11.0. The van der Waals surface area contributed by atoms with Crippen LogP contribution in [0.25, 0.3) is 6.08 Å². The highest BCUT2D eigenvalue weighted by Crippen LogP contribution is 2.35. The molecule has 0 unspecified atom stereocenters. The van der Waals surface area contributed by atoms with Crippen LogP contribution in [-0.4, -0.2) is 13.0 Å². The van der Waals surface area contributed by atoms with E-state index >= 15 is 0 Å². The number of benzene rings is 3. The van der Waals surface area contributed by atoms with E-state index in [0.29, 0.717) is 29.4 Å². The predicted octanol–water partition coefficient (Wildman–Crippen LogP) is 6.04. The van der Waals surface area contributed by atoms with Crippen LogP contribution >= 0.6 is 22.6 Å². The third kappa shape index (κ3) is 5.89. The van der Waals surface area contributed by atoms with Crippen molar-refractivity contribution < 1.29 is 14.3 Å². The number of amides is 1. The van der Waals surface area contributed by atoms with E-state index in [-0.39, 0.29) is 5.57 Å². The fourth-order valence-corrected chi connectivity index (χ4v) is 3.93. The Morgan fingerprint density at radius 3 is 2.53 bits per heavy atom. The molecule has 0 aliphatic carbocycles. The van der Waals surface area contributed by atoms with Gasteiger partial charge in [-0.05, 0) is 77.4 Å². The summed E-state index contributed by atoms with van der Waals surface area (Å²) in [5.41, 5.74) is 4.44.